The van der Waals surface area contributed by atoms with Gasteiger partial charge in [0, 0.05) is 12.1 Å². The Hall–Kier alpha value is -2.63. The van der Waals surface area contributed by atoms with Crippen molar-refractivity contribution in [3.63, 3.8) is 0 Å². The van der Waals surface area contributed by atoms with Crippen LogP contribution in [0.1, 0.15) is 33.6 Å². The molecule has 0 radical (unpaired) electrons. The van der Waals surface area contributed by atoms with Gasteiger partial charge < -0.3 is 11.1 Å². The lowest BCUT2D eigenvalue weighted by Gasteiger charge is -2.20. The molecular formula is C19H24N6. The van der Waals surface area contributed by atoms with Crippen molar-refractivity contribution in [1.82, 2.24) is 19.7 Å². The molecule has 0 aliphatic heterocycles. The van der Waals surface area contributed by atoms with Crippen LogP contribution in [0.15, 0.2) is 30.3 Å². The van der Waals surface area contributed by atoms with E-state index in [1.807, 2.05) is 35.0 Å². The second-order valence-corrected chi connectivity index (χ2v) is 7.75. The van der Waals surface area contributed by atoms with Crippen LogP contribution in [-0.2, 0) is 5.54 Å². The second kappa shape index (κ2) is 5.72. The quantitative estimate of drug-likeness (QED) is 0.760. The average Bonchev–Trinajstić information content (AvgIpc) is 3.35. The number of rotatable bonds is 4. The van der Waals surface area contributed by atoms with Gasteiger partial charge in [0.2, 0.25) is 5.95 Å². The zero-order chi connectivity index (χ0) is 17.6. The molecule has 0 amide bonds. The van der Waals surface area contributed by atoms with E-state index in [1.165, 1.54) is 12.8 Å². The Bertz CT molecular complexity index is 903. The number of nitrogen functional groups attached to an aromatic ring is 1. The first kappa shape index (κ1) is 15.9. The van der Waals surface area contributed by atoms with Crippen LogP contribution in [-0.4, -0.2) is 26.3 Å². The summed E-state index contributed by atoms with van der Waals surface area (Å²) < 4.78 is 1.84. The van der Waals surface area contributed by atoms with Crippen LogP contribution in [0.25, 0.3) is 22.3 Å². The maximum absolute atomic E-state index is 6.45. The molecule has 6 heteroatoms. The van der Waals surface area contributed by atoms with E-state index in [2.05, 4.69) is 36.2 Å². The molecule has 4 rings (SSSR count). The Balaban J connectivity index is 1.90. The first-order chi connectivity index (χ1) is 11.9. The lowest BCUT2D eigenvalue weighted by atomic mass is 10.1. The van der Waals surface area contributed by atoms with E-state index in [-0.39, 0.29) is 5.54 Å². The monoisotopic (exact) mass is 336 g/mol. The van der Waals surface area contributed by atoms with Crippen LogP contribution in [0.3, 0.4) is 0 Å². The number of fused-ring (bicyclic) bond motifs is 1. The van der Waals surface area contributed by atoms with Gasteiger partial charge in [0.1, 0.15) is 5.82 Å². The molecule has 1 aliphatic rings. The minimum Gasteiger partial charge on any atom is -0.383 e. The van der Waals surface area contributed by atoms with E-state index < -0.39 is 0 Å². The molecule has 1 aliphatic carbocycles. The highest BCUT2D eigenvalue weighted by molar-refractivity contribution is 5.99. The molecule has 6 nitrogen and oxygen atoms in total. The van der Waals surface area contributed by atoms with E-state index in [9.17, 15) is 0 Å². The number of nitrogens with one attached hydrogen (secondary N) is 1. The van der Waals surface area contributed by atoms with Crippen molar-refractivity contribution < 1.29 is 0 Å². The van der Waals surface area contributed by atoms with Crippen LogP contribution in [0.4, 0.5) is 11.8 Å². The fraction of sp³-hybridized carbons (Fsp3) is 0.421. The van der Waals surface area contributed by atoms with Gasteiger partial charge in [-0.05, 0) is 39.5 Å². The molecule has 3 N–H and O–H groups in total. The highest BCUT2D eigenvalue weighted by Crippen LogP contribution is 2.34. The minimum atomic E-state index is -0.222. The molecule has 0 atom stereocenters. The molecule has 0 saturated heterocycles. The third kappa shape index (κ3) is 3.04. The summed E-state index contributed by atoms with van der Waals surface area (Å²) in [6.07, 6.45) is 2.57. The summed E-state index contributed by atoms with van der Waals surface area (Å²) in [6.45, 7) is 7.15. The third-order valence-electron chi connectivity index (χ3n) is 4.50. The number of anilines is 2. The van der Waals surface area contributed by atoms with E-state index >= 15 is 0 Å². The van der Waals surface area contributed by atoms with Gasteiger partial charge in [0.25, 0.3) is 0 Å². The van der Waals surface area contributed by atoms with Gasteiger partial charge in [-0.2, -0.15) is 4.98 Å². The van der Waals surface area contributed by atoms with Crippen LogP contribution in [0, 0.1) is 5.92 Å². The number of benzene rings is 1. The maximum atomic E-state index is 6.45. The number of hydrogen-bond donors (Lipinski definition) is 2. The molecule has 3 aromatic rings. The number of aromatic nitrogens is 4. The van der Waals surface area contributed by atoms with Crippen LogP contribution in [0.5, 0.6) is 0 Å². The SMILES string of the molecule is CC(C)(C)n1nc2nc(NCC3CC3)nc(-c3ccccc3)c2c1N. The molecular weight excluding hydrogens is 312 g/mol. The third-order valence-corrected chi connectivity index (χ3v) is 4.50. The predicted octanol–water partition coefficient (Wildman–Crippen LogP) is 3.65. The number of nitrogens with two attached hydrogens (primary N) is 1. The summed E-state index contributed by atoms with van der Waals surface area (Å²) in [7, 11) is 0. The Labute approximate surface area is 147 Å². The molecule has 0 bridgehead atoms. The van der Waals surface area contributed by atoms with Gasteiger partial charge in [-0.25, -0.2) is 9.67 Å². The summed E-state index contributed by atoms with van der Waals surface area (Å²) in [5, 5.41) is 8.86. The van der Waals surface area contributed by atoms with Crippen molar-refractivity contribution in [2.45, 2.75) is 39.2 Å². The van der Waals surface area contributed by atoms with Gasteiger partial charge in [0.05, 0.1) is 16.6 Å². The minimum absolute atomic E-state index is 0.222. The van der Waals surface area contributed by atoms with Crippen LogP contribution < -0.4 is 11.1 Å². The molecule has 0 unspecified atom stereocenters. The summed E-state index contributed by atoms with van der Waals surface area (Å²) >= 11 is 0. The largest absolute Gasteiger partial charge is 0.383 e. The Morgan fingerprint density at radius 2 is 1.88 bits per heavy atom. The fourth-order valence-electron chi connectivity index (χ4n) is 2.96. The van der Waals surface area contributed by atoms with Crippen molar-refractivity contribution in [3.8, 4) is 11.3 Å². The zero-order valence-corrected chi connectivity index (χ0v) is 15.0. The van der Waals surface area contributed by atoms with Crippen molar-refractivity contribution in [2.75, 3.05) is 17.6 Å². The summed E-state index contributed by atoms with van der Waals surface area (Å²) in [5.41, 5.74) is 8.71. The van der Waals surface area contributed by atoms with Gasteiger partial charge >= 0.3 is 0 Å². The van der Waals surface area contributed by atoms with Crippen molar-refractivity contribution in [1.29, 1.82) is 0 Å². The van der Waals surface area contributed by atoms with Gasteiger partial charge in [0.15, 0.2) is 5.65 Å². The topological polar surface area (TPSA) is 81.7 Å². The number of hydrogen-bond acceptors (Lipinski definition) is 5. The van der Waals surface area contributed by atoms with E-state index in [1.54, 1.807) is 0 Å². The lowest BCUT2D eigenvalue weighted by molar-refractivity contribution is 0.364. The molecule has 130 valence electrons. The first-order valence-corrected chi connectivity index (χ1v) is 8.79. The highest BCUT2D eigenvalue weighted by atomic mass is 15.4. The zero-order valence-electron chi connectivity index (χ0n) is 15.0. The summed E-state index contributed by atoms with van der Waals surface area (Å²) in [4.78, 5) is 9.39. The van der Waals surface area contributed by atoms with Crippen LogP contribution >= 0.6 is 0 Å². The molecule has 2 heterocycles. The van der Waals surface area contributed by atoms with E-state index in [0.29, 0.717) is 17.4 Å². The smallest absolute Gasteiger partial charge is 0.225 e. The summed E-state index contributed by atoms with van der Waals surface area (Å²) in [5.74, 6) is 1.98. The fourth-order valence-corrected chi connectivity index (χ4v) is 2.96. The molecule has 0 spiro atoms. The van der Waals surface area contributed by atoms with E-state index in [0.717, 1.165) is 29.1 Å². The summed E-state index contributed by atoms with van der Waals surface area (Å²) in [6, 6.07) is 10.1. The Morgan fingerprint density at radius 3 is 2.52 bits per heavy atom. The molecule has 1 aromatic carbocycles. The second-order valence-electron chi connectivity index (χ2n) is 7.75. The van der Waals surface area contributed by atoms with Crippen molar-refractivity contribution in [3.05, 3.63) is 30.3 Å². The standard InChI is InChI=1S/C19H24N6/c1-19(2,3)25-16(20)14-15(13-7-5-4-6-8-13)22-18(23-17(14)24-25)21-11-12-9-10-12/h4-8,12H,9-11,20H2,1-3H3,(H,21,23,24). The Kier molecular flexibility index (Phi) is 3.63. The van der Waals surface area contributed by atoms with Crippen LogP contribution in [0.2, 0.25) is 0 Å². The van der Waals surface area contributed by atoms with Crippen molar-refractivity contribution in [2.24, 2.45) is 5.92 Å². The van der Waals surface area contributed by atoms with Gasteiger partial charge in [-0.1, -0.05) is 30.3 Å². The van der Waals surface area contributed by atoms with Gasteiger partial charge in [-0.3, -0.25) is 0 Å². The predicted molar refractivity (Wildman–Crippen MR) is 101 cm³/mol. The molecule has 1 saturated carbocycles. The maximum Gasteiger partial charge on any atom is 0.225 e. The molecule has 25 heavy (non-hydrogen) atoms. The molecule has 2 aromatic heterocycles. The first-order valence-electron chi connectivity index (χ1n) is 8.79. The Morgan fingerprint density at radius 1 is 1.16 bits per heavy atom. The van der Waals surface area contributed by atoms with E-state index in [4.69, 9.17) is 10.7 Å². The highest BCUT2D eigenvalue weighted by Gasteiger charge is 2.25. The average molecular weight is 336 g/mol. The normalized spacial score (nSPS) is 14.8. The molecule has 1 fully saturated rings. The number of nitrogens with zero attached hydrogens (tertiary/aromatic N) is 4. The van der Waals surface area contributed by atoms with Crippen molar-refractivity contribution >= 4 is 22.8 Å². The lowest BCUT2D eigenvalue weighted by Crippen LogP contribution is -2.24. The van der Waals surface area contributed by atoms with Gasteiger partial charge in [-0.15, -0.1) is 5.10 Å².